The van der Waals surface area contributed by atoms with E-state index in [0.717, 1.165) is 5.69 Å². The molecule has 0 aromatic heterocycles. The van der Waals surface area contributed by atoms with Gasteiger partial charge in [-0.2, -0.15) is 0 Å². The van der Waals surface area contributed by atoms with E-state index in [4.69, 9.17) is 4.74 Å². The Morgan fingerprint density at radius 3 is 1.94 bits per heavy atom. The molecular formula is C23H30N4O4. The molecule has 166 valence electrons. The van der Waals surface area contributed by atoms with E-state index in [1.54, 1.807) is 55.6 Å². The molecule has 0 aliphatic rings. The molecular weight excluding hydrogens is 396 g/mol. The number of hydrogen-bond donors (Lipinski definition) is 4. The number of anilines is 3. The van der Waals surface area contributed by atoms with Crippen molar-refractivity contribution in [3.05, 3.63) is 54.1 Å². The number of amides is 3. The van der Waals surface area contributed by atoms with Gasteiger partial charge in [-0.15, -0.1) is 0 Å². The fourth-order valence-corrected chi connectivity index (χ4v) is 2.72. The molecule has 0 saturated carbocycles. The molecule has 0 unspecified atom stereocenters. The van der Waals surface area contributed by atoms with Gasteiger partial charge in [0.25, 0.3) is 5.91 Å². The maximum atomic E-state index is 12.2. The molecule has 2 aromatic carbocycles. The quantitative estimate of drug-likeness (QED) is 0.413. The van der Waals surface area contributed by atoms with Crippen LogP contribution in [-0.2, 0) is 14.3 Å². The van der Waals surface area contributed by atoms with E-state index in [1.807, 2.05) is 13.8 Å². The van der Waals surface area contributed by atoms with Crippen LogP contribution in [0.2, 0.25) is 0 Å². The molecule has 0 atom stereocenters. The van der Waals surface area contributed by atoms with Gasteiger partial charge in [-0.3, -0.25) is 14.4 Å². The Bertz CT molecular complexity index is 864. The van der Waals surface area contributed by atoms with Crippen molar-refractivity contribution in [1.82, 2.24) is 5.32 Å². The van der Waals surface area contributed by atoms with Crippen LogP contribution < -0.4 is 21.3 Å². The van der Waals surface area contributed by atoms with Crippen molar-refractivity contribution in [3.8, 4) is 0 Å². The predicted octanol–water partition coefficient (Wildman–Crippen LogP) is 3.10. The highest BCUT2D eigenvalue weighted by molar-refractivity contribution is 5.96. The second kappa shape index (κ2) is 12.3. The van der Waals surface area contributed by atoms with Crippen LogP contribution in [0.1, 0.15) is 30.6 Å². The van der Waals surface area contributed by atoms with Gasteiger partial charge < -0.3 is 26.0 Å². The van der Waals surface area contributed by atoms with Crippen molar-refractivity contribution in [3.63, 3.8) is 0 Å². The number of carbonyl (C=O) groups is 3. The minimum atomic E-state index is -0.210. The van der Waals surface area contributed by atoms with Crippen molar-refractivity contribution >= 4 is 34.8 Å². The molecule has 0 aliphatic carbocycles. The van der Waals surface area contributed by atoms with E-state index in [0.29, 0.717) is 42.4 Å². The molecule has 3 amide bonds. The van der Waals surface area contributed by atoms with Gasteiger partial charge in [0.1, 0.15) is 0 Å². The topological polar surface area (TPSA) is 109 Å². The third-order valence-corrected chi connectivity index (χ3v) is 4.24. The summed E-state index contributed by atoms with van der Waals surface area (Å²) in [4.78, 5) is 35.9. The average Bonchev–Trinajstić information content (AvgIpc) is 2.73. The third-order valence-electron chi connectivity index (χ3n) is 4.24. The Morgan fingerprint density at radius 1 is 0.839 bits per heavy atom. The maximum absolute atomic E-state index is 12.2. The molecule has 0 bridgehead atoms. The highest BCUT2D eigenvalue weighted by atomic mass is 16.5. The van der Waals surface area contributed by atoms with Crippen molar-refractivity contribution < 1.29 is 19.1 Å². The zero-order valence-corrected chi connectivity index (χ0v) is 18.2. The molecule has 31 heavy (non-hydrogen) atoms. The summed E-state index contributed by atoms with van der Waals surface area (Å²) in [7, 11) is 1.58. The number of carbonyl (C=O) groups excluding carboxylic acids is 3. The van der Waals surface area contributed by atoms with Gasteiger partial charge >= 0.3 is 0 Å². The number of methoxy groups -OCH3 is 1. The Balaban J connectivity index is 1.77. The number of rotatable bonds is 11. The van der Waals surface area contributed by atoms with Crippen molar-refractivity contribution in [1.29, 1.82) is 0 Å². The fourth-order valence-electron chi connectivity index (χ4n) is 2.72. The lowest BCUT2D eigenvalue weighted by molar-refractivity contribution is -0.117. The molecule has 8 nitrogen and oxygen atoms in total. The van der Waals surface area contributed by atoms with Crippen LogP contribution in [0.25, 0.3) is 0 Å². The van der Waals surface area contributed by atoms with Crippen LogP contribution in [0.15, 0.2) is 48.5 Å². The molecule has 2 aromatic rings. The summed E-state index contributed by atoms with van der Waals surface area (Å²) in [6, 6.07) is 13.8. The molecule has 0 heterocycles. The smallest absolute Gasteiger partial charge is 0.251 e. The Hall–Kier alpha value is -3.39. The average molecular weight is 427 g/mol. The lowest BCUT2D eigenvalue weighted by Crippen LogP contribution is -2.26. The molecule has 0 fully saturated rings. The van der Waals surface area contributed by atoms with Gasteiger partial charge in [0.2, 0.25) is 11.8 Å². The molecule has 2 rings (SSSR count). The normalized spacial score (nSPS) is 10.5. The van der Waals surface area contributed by atoms with E-state index < -0.39 is 0 Å². The van der Waals surface area contributed by atoms with Crippen LogP contribution in [-0.4, -0.2) is 44.5 Å². The lowest BCUT2D eigenvalue weighted by atomic mass is 10.1. The highest BCUT2D eigenvalue weighted by Gasteiger charge is 2.07. The minimum absolute atomic E-state index is 0.0329. The van der Waals surface area contributed by atoms with Gasteiger partial charge in [-0.1, -0.05) is 13.8 Å². The summed E-state index contributed by atoms with van der Waals surface area (Å²) in [5, 5.41) is 11.4. The van der Waals surface area contributed by atoms with E-state index in [2.05, 4.69) is 21.3 Å². The standard InChI is InChI=1S/C23H30N4O4/c1-16(2)14-21(28)26-19-8-10-20(11-9-19)27-22(29)15-25-18-6-4-17(5-7-18)23(30)24-12-13-31-3/h4-11,16,25H,12-15H2,1-3H3,(H,24,30)(H,26,28)(H,27,29). The van der Waals surface area contributed by atoms with Crippen molar-refractivity contribution in [2.45, 2.75) is 20.3 Å². The van der Waals surface area contributed by atoms with Gasteiger partial charge in [0.05, 0.1) is 13.2 Å². The largest absolute Gasteiger partial charge is 0.383 e. The van der Waals surface area contributed by atoms with Crippen LogP contribution >= 0.6 is 0 Å². The summed E-state index contributed by atoms with van der Waals surface area (Å²) in [6.45, 7) is 4.95. The molecule has 0 saturated heterocycles. The SMILES string of the molecule is COCCNC(=O)c1ccc(NCC(=O)Nc2ccc(NC(=O)CC(C)C)cc2)cc1. The second-order valence-electron chi connectivity index (χ2n) is 7.45. The molecule has 4 N–H and O–H groups in total. The van der Waals surface area contributed by atoms with Crippen LogP contribution in [0.5, 0.6) is 0 Å². The van der Waals surface area contributed by atoms with Crippen LogP contribution in [0.4, 0.5) is 17.1 Å². The van der Waals surface area contributed by atoms with Crippen LogP contribution in [0.3, 0.4) is 0 Å². The van der Waals surface area contributed by atoms with E-state index in [-0.39, 0.29) is 24.3 Å². The number of benzene rings is 2. The first kappa shape index (κ1) is 23.9. The summed E-state index contributed by atoms with van der Waals surface area (Å²) in [5.74, 6) is -0.127. The monoisotopic (exact) mass is 426 g/mol. The summed E-state index contributed by atoms with van der Waals surface area (Å²) in [6.07, 6.45) is 0.462. The van der Waals surface area contributed by atoms with E-state index in [1.165, 1.54) is 0 Å². The van der Waals surface area contributed by atoms with Crippen LogP contribution in [0, 0.1) is 5.92 Å². The zero-order chi connectivity index (χ0) is 22.6. The van der Waals surface area contributed by atoms with E-state index in [9.17, 15) is 14.4 Å². The van der Waals surface area contributed by atoms with Gasteiger partial charge in [-0.05, 0) is 54.4 Å². The first-order valence-corrected chi connectivity index (χ1v) is 10.2. The lowest BCUT2D eigenvalue weighted by Gasteiger charge is -2.10. The number of nitrogens with one attached hydrogen (secondary N) is 4. The summed E-state index contributed by atoms with van der Waals surface area (Å²) in [5.41, 5.74) is 2.59. The summed E-state index contributed by atoms with van der Waals surface area (Å²) < 4.78 is 4.90. The molecule has 0 radical (unpaired) electrons. The Labute approximate surface area is 182 Å². The second-order valence-corrected chi connectivity index (χ2v) is 7.45. The van der Waals surface area contributed by atoms with E-state index >= 15 is 0 Å². The number of hydrogen-bond acceptors (Lipinski definition) is 5. The first-order valence-electron chi connectivity index (χ1n) is 10.2. The first-order chi connectivity index (χ1) is 14.9. The van der Waals surface area contributed by atoms with Gasteiger partial charge in [-0.25, -0.2) is 0 Å². The minimum Gasteiger partial charge on any atom is -0.383 e. The third kappa shape index (κ3) is 8.88. The van der Waals surface area contributed by atoms with Crippen molar-refractivity contribution in [2.24, 2.45) is 5.92 Å². The Morgan fingerprint density at radius 2 is 1.39 bits per heavy atom. The van der Waals surface area contributed by atoms with Gasteiger partial charge in [0.15, 0.2) is 0 Å². The van der Waals surface area contributed by atoms with Gasteiger partial charge in [0, 0.05) is 42.7 Å². The number of ether oxygens (including phenoxy) is 1. The molecule has 8 heteroatoms. The maximum Gasteiger partial charge on any atom is 0.251 e. The fraction of sp³-hybridized carbons (Fsp3) is 0.348. The summed E-state index contributed by atoms with van der Waals surface area (Å²) >= 11 is 0. The molecule has 0 spiro atoms. The molecule has 0 aliphatic heterocycles. The van der Waals surface area contributed by atoms with Crippen molar-refractivity contribution in [2.75, 3.05) is 42.8 Å². The predicted molar refractivity (Wildman–Crippen MR) is 122 cm³/mol. The highest BCUT2D eigenvalue weighted by Crippen LogP contribution is 2.15. The Kier molecular flexibility index (Phi) is 9.51. The zero-order valence-electron chi connectivity index (χ0n) is 18.2.